The normalized spacial score (nSPS) is 10.5. The molecule has 0 fully saturated rings. The van der Waals surface area contributed by atoms with Gasteiger partial charge in [-0.25, -0.2) is 12.8 Å². The molecule has 4 nitrogen and oxygen atoms in total. The van der Waals surface area contributed by atoms with Crippen molar-refractivity contribution in [2.24, 2.45) is 0 Å². The molecule has 0 aliphatic rings. The van der Waals surface area contributed by atoms with Gasteiger partial charge in [0.1, 0.15) is 5.82 Å². The average molecular weight is 304 g/mol. The lowest BCUT2D eigenvalue weighted by Gasteiger charge is -2.05. The Kier molecular flexibility index (Phi) is 5.33. The molecule has 0 saturated carbocycles. The summed E-state index contributed by atoms with van der Waals surface area (Å²) in [7, 11) is 1.06. The van der Waals surface area contributed by atoms with E-state index >= 15 is 0 Å². The van der Waals surface area contributed by atoms with Gasteiger partial charge in [-0.05, 0) is 25.1 Å². The van der Waals surface area contributed by atoms with Crippen molar-refractivity contribution in [1.29, 1.82) is 0 Å². The zero-order valence-electron chi connectivity index (χ0n) is 10.0. The van der Waals surface area contributed by atoms with Gasteiger partial charge in [0.2, 0.25) is 0 Å². The van der Waals surface area contributed by atoms with Crippen LogP contribution in [0.25, 0.3) is 0 Å². The molecular weight excluding hydrogens is 293 g/mol. The van der Waals surface area contributed by atoms with Gasteiger partial charge >= 0.3 is 0 Å². The van der Waals surface area contributed by atoms with Crippen molar-refractivity contribution in [2.75, 3.05) is 6.54 Å². The summed E-state index contributed by atoms with van der Waals surface area (Å²) < 4.78 is 35.6. The van der Waals surface area contributed by atoms with Crippen molar-refractivity contribution in [3.05, 3.63) is 29.6 Å². The summed E-state index contributed by atoms with van der Waals surface area (Å²) in [6, 6.07) is 2.86. The second-order valence-electron chi connectivity index (χ2n) is 3.51. The molecule has 0 aliphatic heterocycles. The minimum atomic E-state index is -4.01. The molecule has 0 heterocycles. The predicted octanol–water partition coefficient (Wildman–Crippen LogP) is 1.90. The third kappa shape index (κ3) is 4.54. The van der Waals surface area contributed by atoms with E-state index in [9.17, 15) is 17.6 Å². The highest BCUT2D eigenvalue weighted by molar-refractivity contribution is 8.13. The molecule has 0 bridgehead atoms. The van der Waals surface area contributed by atoms with E-state index in [1.54, 1.807) is 6.92 Å². The minimum Gasteiger partial charge on any atom is -0.351 e. The summed E-state index contributed by atoms with van der Waals surface area (Å²) in [4.78, 5) is 11.2. The number of carbonyl (C=O) groups excluding carboxylic acids is 1. The van der Waals surface area contributed by atoms with Crippen molar-refractivity contribution >= 4 is 25.6 Å². The summed E-state index contributed by atoms with van der Waals surface area (Å²) in [6.45, 7) is 1.96. The van der Waals surface area contributed by atoms with Crippen LogP contribution in [0.1, 0.15) is 23.7 Å². The first-order valence-electron chi connectivity index (χ1n) is 5.28. The van der Waals surface area contributed by atoms with Gasteiger partial charge in [-0.1, -0.05) is 0 Å². The van der Waals surface area contributed by atoms with Crippen LogP contribution in [0.5, 0.6) is 0 Å². The van der Waals surface area contributed by atoms with Gasteiger partial charge in [0, 0.05) is 23.6 Å². The molecule has 1 N–H and O–H groups in total. The molecule has 7 heteroatoms. The molecule has 19 heavy (non-hydrogen) atoms. The quantitative estimate of drug-likeness (QED) is 0.525. The molecule has 0 aromatic heterocycles. The number of nitrogens with one attached hydrogen (secondary N) is 1. The Balaban J connectivity index is 2.84. The van der Waals surface area contributed by atoms with Gasteiger partial charge < -0.3 is 5.32 Å². The van der Waals surface area contributed by atoms with E-state index in [1.807, 2.05) is 0 Å². The second-order valence-corrected chi connectivity index (χ2v) is 6.08. The number of carbonyl (C=O) groups is 1. The van der Waals surface area contributed by atoms with E-state index in [0.717, 1.165) is 12.1 Å². The molecule has 0 aliphatic carbocycles. The Bertz CT molecular complexity index is 647. The van der Waals surface area contributed by atoms with E-state index < -0.39 is 20.8 Å². The molecular formula is C12H11ClFNO3S. The summed E-state index contributed by atoms with van der Waals surface area (Å²) in [5, 5.41) is 2.47. The zero-order chi connectivity index (χ0) is 14.5. The first-order chi connectivity index (χ1) is 8.86. The Morgan fingerprint density at radius 3 is 2.68 bits per heavy atom. The molecule has 1 aromatic rings. The number of hydrogen-bond acceptors (Lipinski definition) is 3. The minimum absolute atomic E-state index is 0.242. The molecule has 1 aromatic carbocycles. The molecule has 0 saturated heterocycles. The van der Waals surface area contributed by atoms with Crippen LogP contribution in [0.3, 0.4) is 0 Å². The summed E-state index contributed by atoms with van der Waals surface area (Å²) in [6.07, 6.45) is 0.456. The lowest BCUT2D eigenvalue weighted by atomic mass is 10.2. The molecule has 1 amide bonds. The van der Waals surface area contributed by atoms with Gasteiger partial charge in [-0.2, -0.15) is 0 Å². The zero-order valence-corrected chi connectivity index (χ0v) is 11.6. The fraction of sp³-hybridized carbons (Fsp3) is 0.250. The summed E-state index contributed by atoms with van der Waals surface area (Å²) in [5.74, 6) is 3.83. The lowest BCUT2D eigenvalue weighted by Crippen LogP contribution is -2.25. The van der Waals surface area contributed by atoms with E-state index in [-0.39, 0.29) is 17.0 Å². The van der Waals surface area contributed by atoms with Crippen LogP contribution >= 0.6 is 10.7 Å². The van der Waals surface area contributed by atoms with Gasteiger partial charge in [0.15, 0.2) is 0 Å². The maximum atomic E-state index is 13.6. The van der Waals surface area contributed by atoms with Crippen molar-refractivity contribution < 1.29 is 17.6 Å². The fourth-order valence-electron chi connectivity index (χ4n) is 1.29. The first kappa shape index (κ1) is 15.5. The monoisotopic (exact) mass is 303 g/mol. The number of benzene rings is 1. The van der Waals surface area contributed by atoms with Crippen molar-refractivity contribution in [3.8, 4) is 11.8 Å². The molecule has 0 spiro atoms. The summed E-state index contributed by atoms with van der Waals surface area (Å²) in [5.41, 5.74) is -0.242. The number of halogens is 2. The van der Waals surface area contributed by atoms with Crippen LogP contribution in [0.15, 0.2) is 23.1 Å². The van der Waals surface area contributed by atoms with Crippen LogP contribution < -0.4 is 5.32 Å². The number of hydrogen-bond donors (Lipinski definition) is 1. The van der Waals surface area contributed by atoms with E-state index in [4.69, 9.17) is 10.7 Å². The number of rotatable bonds is 4. The average Bonchev–Trinajstić information content (AvgIpc) is 2.33. The molecule has 1 rings (SSSR count). The van der Waals surface area contributed by atoms with Crippen molar-refractivity contribution in [2.45, 2.75) is 18.2 Å². The molecule has 0 radical (unpaired) electrons. The van der Waals surface area contributed by atoms with Gasteiger partial charge in [-0.3, -0.25) is 4.79 Å². The third-order valence-electron chi connectivity index (χ3n) is 2.18. The Morgan fingerprint density at radius 2 is 2.16 bits per heavy atom. The fourth-order valence-corrected chi connectivity index (χ4v) is 2.05. The highest BCUT2D eigenvalue weighted by Gasteiger charge is 2.16. The molecule has 0 atom stereocenters. The van der Waals surface area contributed by atoms with Crippen LogP contribution in [0, 0.1) is 17.7 Å². The Labute approximate surface area is 115 Å². The van der Waals surface area contributed by atoms with E-state index in [2.05, 4.69) is 17.2 Å². The lowest BCUT2D eigenvalue weighted by molar-refractivity contribution is 0.0950. The Morgan fingerprint density at radius 1 is 1.47 bits per heavy atom. The highest BCUT2D eigenvalue weighted by Crippen LogP contribution is 2.18. The Hall–Kier alpha value is -1.58. The third-order valence-corrected chi connectivity index (χ3v) is 3.53. The van der Waals surface area contributed by atoms with Gasteiger partial charge in [0.05, 0.1) is 10.5 Å². The van der Waals surface area contributed by atoms with E-state index in [1.165, 1.54) is 0 Å². The van der Waals surface area contributed by atoms with Crippen molar-refractivity contribution in [1.82, 2.24) is 5.32 Å². The van der Waals surface area contributed by atoms with E-state index in [0.29, 0.717) is 12.5 Å². The van der Waals surface area contributed by atoms with Crippen LogP contribution in [0.2, 0.25) is 0 Å². The molecule has 102 valence electrons. The standard InChI is InChI=1S/C12H11ClFNO3S/c1-2-3-4-7-15-12(16)10-6-5-9(8-11(10)14)19(13,17)18/h5-6,8H,4,7H2,1H3,(H,15,16). The number of amides is 1. The maximum Gasteiger partial charge on any atom is 0.261 e. The van der Waals surface area contributed by atoms with Crippen LogP contribution in [-0.2, 0) is 9.05 Å². The largest absolute Gasteiger partial charge is 0.351 e. The summed E-state index contributed by atoms with van der Waals surface area (Å²) >= 11 is 0. The predicted molar refractivity (Wildman–Crippen MR) is 69.8 cm³/mol. The SMILES string of the molecule is CC#CCCNC(=O)c1ccc(S(=O)(=O)Cl)cc1F. The highest BCUT2D eigenvalue weighted by atomic mass is 35.7. The van der Waals surface area contributed by atoms with Crippen molar-refractivity contribution in [3.63, 3.8) is 0 Å². The smallest absolute Gasteiger partial charge is 0.261 e. The van der Waals surface area contributed by atoms with Crippen LogP contribution in [0.4, 0.5) is 4.39 Å². The van der Waals surface area contributed by atoms with Gasteiger partial charge in [-0.15, -0.1) is 11.8 Å². The molecule has 0 unspecified atom stereocenters. The maximum absolute atomic E-state index is 13.6. The second kappa shape index (κ2) is 6.55. The first-order valence-corrected chi connectivity index (χ1v) is 7.59. The van der Waals surface area contributed by atoms with Crippen LogP contribution in [-0.4, -0.2) is 20.9 Å². The topological polar surface area (TPSA) is 63.2 Å². The van der Waals surface area contributed by atoms with Gasteiger partial charge in [0.25, 0.3) is 15.0 Å².